The number of methoxy groups -OCH3 is 1. The Kier molecular flexibility index (Phi) is 5.79. The van der Waals surface area contributed by atoms with Gasteiger partial charge in [0.05, 0.1) is 22.7 Å². The van der Waals surface area contributed by atoms with Crippen LogP contribution < -0.4 is 9.46 Å². The average Bonchev–Trinajstić information content (AvgIpc) is 3.12. The van der Waals surface area contributed by atoms with Gasteiger partial charge in [-0.25, -0.2) is 22.5 Å². The van der Waals surface area contributed by atoms with E-state index >= 15 is 0 Å². The molecule has 0 aliphatic heterocycles. The Balaban J connectivity index is 1.62. The highest BCUT2D eigenvalue weighted by Crippen LogP contribution is 2.22. The van der Waals surface area contributed by atoms with E-state index in [1.807, 2.05) is 12.1 Å². The van der Waals surface area contributed by atoms with Crippen LogP contribution in [0, 0.1) is 5.82 Å². The van der Waals surface area contributed by atoms with Gasteiger partial charge in [-0.3, -0.25) is 0 Å². The van der Waals surface area contributed by atoms with E-state index in [0.29, 0.717) is 18.0 Å². The number of nitrogens with one attached hydrogen (secondary N) is 1. The Morgan fingerprint density at radius 1 is 1.22 bits per heavy atom. The smallest absolute Gasteiger partial charge is 0.240 e. The first-order valence-electron chi connectivity index (χ1n) is 7.92. The van der Waals surface area contributed by atoms with E-state index in [4.69, 9.17) is 20.8 Å². The lowest BCUT2D eigenvalue weighted by Crippen LogP contribution is -2.26. The molecule has 142 valence electrons. The molecule has 0 bridgehead atoms. The first kappa shape index (κ1) is 19.3. The number of nitrogens with zero attached hydrogens (tertiary/aromatic N) is 1. The summed E-state index contributed by atoms with van der Waals surface area (Å²) < 4.78 is 50.6. The summed E-state index contributed by atoms with van der Waals surface area (Å²) in [5.74, 6) is 0.478. The van der Waals surface area contributed by atoms with Crippen molar-refractivity contribution in [2.45, 2.75) is 11.3 Å². The minimum absolute atomic E-state index is 0.103. The van der Waals surface area contributed by atoms with Gasteiger partial charge in [0.15, 0.2) is 0 Å². The second-order valence-electron chi connectivity index (χ2n) is 5.60. The SMILES string of the molecule is COc1ccc(-c2nc(CCNS(=O)(=O)c3ccc(F)c(Cl)c3)co2)cc1. The fourth-order valence-corrected chi connectivity index (χ4v) is 3.63. The number of hydrogen-bond acceptors (Lipinski definition) is 5. The molecule has 1 aromatic heterocycles. The Hall–Kier alpha value is -2.42. The molecule has 3 rings (SSSR count). The number of hydrogen-bond donors (Lipinski definition) is 1. The van der Waals surface area contributed by atoms with E-state index in [2.05, 4.69) is 9.71 Å². The van der Waals surface area contributed by atoms with Crippen LogP contribution in [0.15, 0.2) is 58.0 Å². The van der Waals surface area contributed by atoms with Crippen LogP contribution in [0.1, 0.15) is 5.69 Å². The molecular weight excluding hydrogens is 395 g/mol. The minimum atomic E-state index is -3.80. The molecule has 0 radical (unpaired) electrons. The topological polar surface area (TPSA) is 81.4 Å². The number of halogens is 2. The van der Waals surface area contributed by atoms with Gasteiger partial charge in [0, 0.05) is 18.5 Å². The first-order valence-corrected chi connectivity index (χ1v) is 9.79. The van der Waals surface area contributed by atoms with Gasteiger partial charge in [-0.1, -0.05) is 11.6 Å². The maximum Gasteiger partial charge on any atom is 0.240 e. The lowest BCUT2D eigenvalue weighted by molar-refractivity contribution is 0.415. The van der Waals surface area contributed by atoms with Crippen molar-refractivity contribution in [1.29, 1.82) is 0 Å². The number of rotatable bonds is 7. The molecule has 0 saturated carbocycles. The predicted octanol–water partition coefficient (Wildman–Crippen LogP) is 3.66. The summed E-state index contributed by atoms with van der Waals surface area (Å²) in [5, 5.41) is -0.251. The van der Waals surface area contributed by atoms with Gasteiger partial charge in [0.1, 0.15) is 17.8 Å². The van der Waals surface area contributed by atoms with Crippen LogP contribution >= 0.6 is 11.6 Å². The fourth-order valence-electron chi connectivity index (χ4n) is 2.33. The van der Waals surface area contributed by atoms with Gasteiger partial charge >= 0.3 is 0 Å². The quantitative estimate of drug-likeness (QED) is 0.642. The van der Waals surface area contributed by atoms with E-state index in [1.165, 1.54) is 6.26 Å². The molecule has 2 aromatic carbocycles. The van der Waals surface area contributed by atoms with Gasteiger partial charge in [-0.15, -0.1) is 0 Å². The number of aromatic nitrogens is 1. The maximum atomic E-state index is 13.2. The molecule has 1 N–H and O–H groups in total. The Bertz CT molecular complexity index is 1040. The van der Waals surface area contributed by atoms with Crippen LogP contribution in [-0.2, 0) is 16.4 Å². The van der Waals surface area contributed by atoms with Gasteiger partial charge in [-0.05, 0) is 42.5 Å². The molecule has 0 aliphatic rings. The number of benzene rings is 2. The average molecular weight is 411 g/mol. The predicted molar refractivity (Wildman–Crippen MR) is 98.8 cm³/mol. The highest BCUT2D eigenvalue weighted by molar-refractivity contribution is 7.89. The van der Waals surface area contributed by atoms with Gasteiger partial charge in [-0.2, -0.15) is 0 Å². The summed E-state index contributed by atoms with van der Waals surface area (Å²) in [6, 6.07) is 10.4. The van der Waals surface area contributed by atoms with E-state index in [1.54, 1.807) is 19.2 Å². The van der Waals surface area contributed by atoms with Crippen LogP contribution in [0.25, 0.3) is 11.5 Å². The maximum absolute atomic E-state index is 13.2. The van der Waals surface area contributed by atoms with Crippen LogP contribution in [0.5, 0.6) is 5.75 Å². The van der Waals surface area contributed by atoms with Crippen LogP contribution in [0.4, 0.5) is 4.39 Å². The van der Waals surface area contributed by atoms with E-state index in [-0.39, 0.29) is 16.5 Å². The number of oxazole rings is 1. The minimum Gasteiger partial charge on any atom is -0.497 e. The Morgan fingerprint density at radius 3 is 2.63 bits per heavy atom. The van der Waals surface area contributed by atoms with Crippen molar-refractivity contribution >= 4 is 21.6 Å². The van der Waals surface area contributed by atoms with Crippen LogP contribution in [0.2, 0.25) is 5.02 Å². The normalized spacial score (nSPS) is 11.5. The molecule has 6 nitrogen and oxygen atoms in total. The van der Waals surface area contributed by atoms with Crippen molar-refractivity contribution in [2.24, 2.45) is 0 Å². The highest BCUT2D eigenvalue weighted by atomic mass is 35.5. The van der Waals surface area contributed by atoms with E-state index < -0.39 is 15.8 Å². The summed E-state index contributed by atoms with van der Waals surface area (Å²) in [7, 11) is -2.21. The van der Waals surface area contributed by atoms with Gasteiger partial charge < -0.3 is 9.15 Å². The molecule has 0 aliphatic carbocycles. The Labute approximate surface area is 161 Å². The summed E-state index contributed by atoms with van der Waals surface area (Å²) >= 11 is 5.63. The monoisotopic (exact) mass is 410 g/mol. The first-order chi connectivity index (χ1) is 12.9. The third-order valence-electron chi connectivity index (χ3n) is 3.76. The second-order valence-corrected chi connectivity index (χ2v) is 7.77. The van der Waals surface area contributed by atoms with Crippen molar-refractivity contribution in [3.05, 3.63) is 65.3 Å². The standard InChI is InChI=1S/C18H16ClFN2O4S/c1-25-14-4-2-12(3-5-14)18-22-13(11-26-18)8-9-21-27(23,24)15-6-7-17(20)16(19)10-15/h2-7,10-11,21H,8-9H2,1H3. The summed E-state index contributed by atoms with van der Waals surface area (Å²) in [6.45, 7) is 0.103. The molecule has 0 spiro atoms. The third-order valence-corrected chi connectivity index (χ3v) is 5.51. The molecule has 0 fully saturated rings. The van der Waals surface area contributed by atoms with Gasteiger partial charge in [0.2, 0.25) is 15.9 Å². The molecule has 0 amide bonds. The molecule has 0 unspecified atom stereocenters. The Morgan fingerprint density at radius 2 is 1.96 bits per heavy atom. The third kappa shape index (κ3) is 4.65. The lowest BCUT2D eigenvalue weighted by Gasteiger charge is -2.06. The highest BCUT2D eigenvalue weighted by Gasteiger charge is 2.16. The van der Waals surface area contributed by atoms with Crippen molar-refractivity contribution < 1.29 is 22.0 Å². The molecule has 27 heavy (non-hydrogen) atoms. The number of ether oxygens (including phenoxy) is 1. The second kappa shape index (κ2) is 8.08. The largest absolute Gasteiger partial charge is 0.497 e. The number of sulfonamides is 1. The molecule has 9 heteroatoms. The zero-order valence-corrected chi connectivity index (χ0v) is 15.8. The van der Waals surface area contributed by atoms with Crippen molar-refractivity contribution in [1.82, 2.24) is 9.71 Å². The van der Waals surface area contributed by atoms with Crippen LogP contribution in [0.3, 0.4) is 0 Å². The van der Waals surface area contributed by atoms with Crippen molar-refractivity contribution in [3.63, 3.8) is 0 Å². The van der Waals surface area contributed by atoms with Crippen LogP contribution in [-0.4, -0.2) is 27.1 Å². The van der Waals surface area contributed by atoms with E-state index in [9.17, 15) is 12.8 Å². The summed E-state index contributed by atoms with van der Waals surface area (Å²) in [6.07, 6.45) is 1.80. The lowest BCUT2D eigenvalue weighted by atomic mass is 10.2. The summed E-state index contributed by atoms with van der Waals surface area (Å²) in [4.78, 5) is 4.24. The molecule has 0 saturated heterocycles. The van der Waals surface area contributed by atoms with Gasteiger partial charge in [0.25, 0.3) is 0 Å². The molecule has 0 atom stereocenters. The molecule has 3 aromatic rings. The zero-order valence-electron chi connectivity index (χ0n) is 14.3. The fraction of sp³-hybridized carbons (Fsp3) is 0.167. The van der Waals surface area contributed by atoms with Crippen molar-refractivity contribution in [2.75, 3.05) is 13.7 Å². The molecular formula is C18H16ClFN2O4S. The summed E-state index contributed by atoms with van der Waals surface area (Å²) in [5.41, 5.74) is 1.38. The van der Waals surface area contributed by atoms with E-state index in [0.717, 1.165) is 29.5 Å². The van der Waals surface area contributed by atoms with Crippen molar-refractivity contribution in [3.8, 4) is 17.2 Å². The molecule has 1 heterocycles. The zero-order chi connectivity index (χ0) is 19.4.